The van der Waals surface area contributed by atoms with Crippen molar-refractivity contribution in [1.29, 1.82) is 0 Å². The van der Waals surface area contributed by atoms with Crippen molar-refractivity contribution in [3.63, 3.8) is 0 Å². The number of urea groups is 1. The van der Waals surface area contributed by atoms with Gasteiger partial charge in [-0.3, -0.25) is 9.88 Å². The van der Waals surface area contributed by atoms with E-state index in [1.807, 2.05) is 42.5 Å². The second kappa shape index (κ2) is 5.75. The highest BCUT2D eigenvalue weighted by Gasteiger charge is 2.12. The number of carbonyl (C=O) groups is 1. The van der Waals surface area contributed by atoms with Gasteiger partial charge in [0.15, 0.2) is 11.5 Å². The molecule has 0 unspecified atom stereocenters. The summed E-state index contributed by atoms with van der Waals surface area (Å²) in [6.45, 7) is 0. The quantitative estimate of drug-likeness (QED) is 0.523. The highest BCUT2D eigenvalue weighted by atomic mass is 16.2. The molecule has 0 bridgehead atoms. The Kier molecular flexibility index (Phi) is 3.42. The number of aromatic amines is 1. The zero-order chi connectivity index (χ0) is 17.4. The summed E-state index contributed by atoms with van der Waals surface area (Å²) in [4.78, 5) is 34.7. The molecule has 4 rings (SSSR count). The number of nitrogens with one attached hydrogen (secondary N) is 3. The van der Waals surface area contributed by atoms with Crippen LogP contribution in [0, 0.1) is 0 Å². The van der Waals surface area contributed by atoms with Crippen molar-refractivity contribution in [1.82, 2.24) is 19.5 Å². The summed E-state index contributed by atoms with van der Waals surface area (Å²) in [5.41, 5.74) is 1.13. The lowest BCUT2D eigenvalue weighted by molar-refractivity contribution is 0.262. The van der Waals surface area contributed by atoms with Crippen molar-refractivity contribution in [3.8, 4) is 0 Å². The third-order valence-corrected chi connectivity index (χ3v) is 3.92. The van der Waals surface area contributed by atoms with Crippen LogP contribution in [-0.2, 0) is 7.05 Å². The number of nitrogens with zero attached hydrogens (tertiary/aromatic N) is 3. The van der Waals surface area contributed by atoms with Crippen LogP contribution in [0.25, 0.3) is 21.9 Å². The van der Waals surface area contributed by atoms with Gasteiger partial charge < -0.3 is 10.3 Å². The van der Waals surface area contributed by atoms with Gasteiger partial charge in [0, 0.05) is 12.7 Å². The Hall–Kier alpha value is -3.68. The largest absolute Gasteiger partial charge is 0.327 e. The average molecular weight is 334 g/mol. The molecule has 0 aliphatic heterocycles. The smallest absolute Gasteiger partial charge is 0.308 e. The molecule has 2 amide bonds. The van der Waals surface area contributed by atoms with E-state index in [0.29, 0.717) is 16.9 Å². The first-order chi connectivity index (χ1) is 12.1. The molecule has 0 saturated heterocycles. The summed E-state index contributed by atoms with van der Waals surface area (Å²) in [7, 11) is 1.59. The van der Waals surface area contributed by atoms with E-state index in [2.05, 4.69) is 25.6 Å². The van der Waals surface area contributed by atoms with E-state index in [1.165, 1.54) is 10.9 Å². The standard InChI is InChI=1S/C17H14N6O2/c1-23-15-13(21-17(23)25)14(18-9-19-15)22-16(24)20-12-7-6-10-4-2-3-5-11(10)8-12/h2-9H,1H3,(H,21,25)(H2,18,19,20,22,24). The maximum Gasteiger partial charge on any atom is 0.327 e. The SMILES string of the molecule is Cn1c(=O)[nH]c2c(NC(=O)Nc3ccc4ccccc4c3)ncnc21. The van der Waals surface area contributed by atoms with E-state index in [1.54, 1.807) is 7.05 Å². The third kappa shape index (κ3) is 2.69. The van der Waals surface area contributed by atoms with Gasteiger partial charge in [0.05, 0.1) is 0 Å². The van der Waals surface area contributed by atoms with Gasteiger partial charge in [-0.05, 0) is 22.9 Å². The molecule has 25 heavy (non-hydrogen) atoms. The van der Waals surface area contributed by atoms with Crippen LogP contribution in [0.2, 0.25) is 0 Å². The van der Waals surface area contributed by atoms with Crippen molar-refractivity contribution < 1.29 is 4.79 Å². The maximum absolute atomic E-state index is 12.3. The number of amides is 2. The fourth-order valence-corrected chi connectivity index (χ4v) is 2.66. The molecule has 2 heterocycles. The van der Waals surface area contributed by atoms with Gasteiger partial charge in [-0.1, -0.05) is 30.3 Å². The number of benzene rings is 2. The number of imidazole rings is 1. The molecular formula is C17H14N6O2. The van der Waals surface area contributed by atoms with Crippen LogP contribution < -0.4 is 16.3 Å². The van der Waals surface area contributed by atoms with E-state index in [9.17, 15) is 9.59 Å². The van der Waals surface area contributed by atoms with Crippen LogP contribution in [0.15, 0.2) is 53.6 Å². The molecule has 8 nitrogen and oxygen atoms in total. The van der Waals surface area contributed by atoms with Crippen molar-refractivity contribution >= 4 is 39.5 Å². The lowest BCUT2D eigenvalue weighted by Gasteiger charge is -2.08. The van der Waals surface area contributed by atoms with Crippen LogP contribution in [0.4, 0.5) is 16.3 Å². The van der Waals surface area contributed by atoms with E-state index in [4.69, 9.17) is 0 Å². The number of aromatic nitrogens is 4. The molecule has 0 saturated carbocycles. The summed E-state index contributed by atoms with van der Waals surface area (Å²) in [5.74, 6) is 0.237. The monoisotopic (exact) mass is 334 g/mol. The molecule has 0 radical (unpaired) electrons. The molecule has 2 aromatic carbocycles. The van der Waals surface area contributed by atoms with Gasteiger partial charge in [-0.2, -0.15) is 0 Å². The second-order valence-corrected chi connectivity index (χ2v) is 5.55. The zero-order valence-corrected chi connectivity index (χ0v) is 13.3. The molecule has 8 heteroatoms. The molecule has 0 atom stereocenters. The van der Waals surface area contributed by atoms with E-state index >= 15 is 0 Å². The van der Waals surface area contributed by atoms with Crippen molar-refractivity contribution in [2.75, 3.05) is 10.6 Å². The Morgan fingerprint density at radius 1 is 1.08 bits per heavy atom. The zero-order valence-electron chi connectivity index (χ0n) is 13.3. The van der Waals surface area contributed by atoms with Gasteiger partial charge in [-0.25, -0.2) is 19.6 Å². The predicted octanol–water partition coefficient (Wildman–Crippen LogP) is 2.45. The van der Waals surface area contributed by atoms with E-state index in [-0.39, 0.29) is 11.5 Å². The number of fused-ring (bicyclic) bond motifs is 2. The van der Waals surface area contributed by atoms with Gasteiger partial charge >= 0.3 is 11.7 Å². The molecule has 3 N–H and O–H groups in total. The normalized spacial score (nSPS) is 10.9. The summed E-state index contributed by atoms with van der Waals surface area (Å²) in [5, 5.41) is 7.51. The number of hydrogen-bond acceptors (Lipinski definition) is 4. The van der Waals surface area contributed by atoms with Gasteiger partial charge in [0.1, 0.15) is 11.8 Å². The molecule has 0 aliphatic rings. The fourth-order valence-electron chi connectivity index (χ4n) is 2.66. The van der Waals surface area contributed by atoms with E-state index < -0.39 is 6.03 Å². The molecule has 2 aromatic heterocycles. The van der Waals surface area contributed by atoms with Gasteiger partial charge in [-0.15, -0.1) is 0 Å². The summed E-state index contributed by atoms with van der Waals surface area (Å²) in [6.07, 6.45) is 1.29. The van der Waals surface area contributed by atoms with Crippen molar-refractivity contribution in [2.24, 2.45) is 7.05 Å². The van der Waals surface area contributed by atoms with Crippen LogP contribution in [-0.4, -0.2) is 25.6 Å². The minimum absolute atomic E-state index is 0.237. The fraction of sp³-hybridized carbons (Fsp3) is 0.0588. The summed E-state index contributed by atoms with van der Waals surface area (Å²) in [6, 6.07) is 13.1. The number of aryl methyl sites for hydroxylation is 1. The highest BCUT2D eigenvalue weighted by molar-refractivity contribution is 6.03. The van der Waals surface area contributed by atoms with Gasteiger partial charge in [0.2, 0.25) is 0 Å². The lowest BCUT2D eigenvalue weighted by atomic mass is 10.1. The molecule has 0 spiro atoms. The Morgan fingerprint density at radius 2 is 1.88 bits per heavy atom. The number of rotatable bonds is 2. The van der Waals surface area contributed by atoms with Crippen molar-refractivity contribution in [2.45, 2.75) is 0 Å². The first-order valence-corrected chi connectivity index (χ1v) is 7.58. The number of carbonyl (C=O) groups excluding carboxylic acids is 1. The third-order valence-electron chi connectivity index (χ3n) is 3.92. The molecular weight excluding hydrogens is 320 g/mol. The molecule has 0 fully saturated rings. The Labute approximate surface area is 141 Å². The first-order valence-electron chi connectivity index (χ1n) is 7.58. The molecule has 0 aliphatic carbocycles. The molecule has 124 valence electrons. The minimum Gasteiger partial charge on any atom is -0.308 e. The molecule has 4 aromatic rings. The average Bonchev–Trinajstić information content (AvgIpc) is 2.91. The van der Waals surface area contributed by atoms with Crippen LogP contribution in [0.5, 0.6) is 0 Å². The summed E-state index contributed by atoms with van der Waals surface area (Å²) >= 11 is 0. The number of H-pyrrole nitrogens is 1. The topological polar surface area (TPSA) is 105 Å². The van der Waals surface area contributed by atoms with Crippen LogP contribution >= 0.6 is 0 Å². The Balaban J connectivity index is 1.59. The second-order valence-electron chi connectivity index (χ2n) is 5.55. The van der Waals surface area contributed by atoms with Crippen LogP contribution in [0.1, 0.15) is 0 Å². The number of hydrogen-bond donors (Lipinski definition) is 3. The van der Waals surface area contributed by atoms with Crippen LogP contribution in [0.3, 0.4) is 0 Å². The summed E-state index contributed by atoms with van der Waals surface area (Å²) < 4.78 is 1.35. The highest BCUT2D eigenvalue weighted by Crippen LogP contribution is 2.19. The first kappa shape index (κ1) is 14.9. The van der Waals surface area contributed by atoms with E-state index in [0.717, 1.165) is 10.8 Å². The minimum atomic E-state index is -0.458. The van der Waals surface area contributed by atoms with Crippen molar-refractivity contribution in [3.05, 3.63) is 59.3 Å². The Bertz CT molecular complexity index is 1160. The Morgan fingerprint density at radius 3 is 2.72 bits per heavy atom. The maximum atomic E-state index is 12.3. The lowest BCUT2D eigenvalue weighted by Crippen LogP contribution is -2.20. The predicted molar refractivity (Wildman–Crippen MR) is 95.7 cm³/mol. The number of anilines is 2. The van der Waals surface area contributed by atoms with Gasteiger partial charge in [0.25, 0.3) is 0 Å².